The van der Waals surface area contributed by atoms with Crippen molar-refractivity contribution < 1.29 is 9.53 Å². The van der Waals surface area contributed by atoms with Gasteiger partial charge in [-0.15, -0.1) is 0 Å². The third-order valence-corrected chi connectivity index (χ3v) is 3.44. The second-order valence-electron chi connectivity index (χ2n) is 4.45. The lowest BCUT2D eigenvalue weighted by Gasteiger charge is -2.13. The molecule has 1 saturated heterocycles. The molecular weight excluding hydrogens is 296 g/mol. The van der Waals surface area contributed by atoms with Crippen molar-refractivity contribution in [3.05, 3.63) is 34.3 Å². The quantitative estimate of drug-likeness (QED) is 0.909. The highest BCUT2D eigenvalue weighted by molar-refractivity contribution is 9.10. The van der Waals surface area contributed by atoms with Crippen LogP contribution in [0, 0.1) is 0 Å². The minimum Gasteiger partial charge on any atom is -0.444 e. The second-order valence-corrected chi connectivity index (χ2v) is 5.36. The topological polar surface area (TPSA) is 55.6 Å². The summed E-state index contributed by atoms with van der Waals surface area (Å²) in [5, 5.41) is 0. The fourth-order valence-corrected chi connectivity index (χ4v) is 2.50. The molecule has 2 N–H and O–H groups in total. The summed E-state index contributed by atoms with van der Waals surface area (Å²) in [6.45, 7) is 1.89. The van der Waals surface area contributed by atoms with E-state index in [-0.39, 0.29) is 12.2 Å². The predicted molar refractivity (Wildman–Crippen MR) is 73.1 cm³/mol. The smallest absolute Gasteiger partial charge is 0.410 e. The number of amides is 1. The van der Waals surface area contributed by atoms with Crippen molar-refractivity contribution in [2.75, 3.05) is 13.1 Å². The van der Waals surface area contributed by atoms with E-state index >= 15 is 0 Å². The summed E-state index contributed by atoms with van der Waals surface area (Å²) in [6.07, 6.45) is 1.50. The van der Waals surface area contributed by atoms with E-state index < -0.39 is 0 Å². The van der Waals surface area contributed by atoms with Gasteiger partial charge in [-0.25, -0.2) is 4.79 Å². The molecule has 98 valence electrons. The number of carbonyl (C=O) groups excluding carboxylic acids is 1. The van der Waals surface area contributed by atoms with E-state index in [1.165, 1.54) is 0 Å². The van der Waals surface area contributed by atoms with Gasteiger partial charge in [-0.2, -0.15) is 0 Å². The van der Waals surface area contributed by atoms with Crippen molar-refractivity contribution in [2.24, 2.45) is 5.73 Å². The van der Waals surface area contributed by atoms with Crippen LogP contribution >= 0.6 is 15.9 Å². The Bertz CT molecular complexity index is 425. The highest BCUT2D eigenvalue weighted by Gasteiger charge is 2.30. The van der Waals surface area contributed by atoms with Crippen molar-refractivity contribution in [2.45, 2.75) is 25.5 Å². The Hall–Kier alpha value is -1.07. The van der Waals surface area contributed by atoms with Crippen LogP contribution in [0.1, 0.15) is 18.4 Å². The van der Waals surface area contributed by atoms with Gasteiger partial charge in [0.25, 0.3) is 0 Å². The molecule has 0 saturated carbocycles. The van der Waals surface area contributed by atoms with Crippen LogP contribution in [0.4, 0.5) is 4.79 Å². The fourth-order valence-electron chi connectivity index (χ4n) is 2.06. The van der Waals surface area contributed by atoms with E-state index in [4.69, 9.17) is 10.5 Å². The predicted octanol–water partition coefficient (Wildman–Crippen LogP) is 2.51. The fraction of sp³-hybridized carbons (Fsp3) is 0.462. The van der Waals surface area contributed by atoms with Gasteiger partial charge in [0.05, 0.1) is 6.54 Å². The molecule has 0 aromatic heterocycles. The van der Waals surface area contributed by atoms with Gasteiger partial charge in [-0.05, 0) is 37.1 Å². The van der Waals surface area contributed by atoms with Gasteiger partial charge in [0, 0.05) is 11.0 Å². The molecule has 1 aromatic rings. The summed E-state index contributed by atoms with van der Waals surface area (Å²) in [5.41, 5.74) is 6.55. The average molecular weight is 313 g/mol. The number of carbonyl (C=O) groups is 1. The van der Waals surface area contributed by atoms with Crippen LogP contribution in [0.5, 0.6) is 0 Å². The van der Waals surface area contributed by atoms with E-state index in [1.54, 1.807) is 4.90 Å². The number of nitrogens with two attached hydrogens (primary N) is 1. The summed E-state index contributed by atoms with van der Waals surface area (Å²) < 4.78 is 6.32. The summed E-state index contributed by atoms with van der Waals surface area (Å²) in [7, 11) is 0. The number of nitrogens with zero attached hydrogens (tertiary/aromatic N) is 1. The Morgan fingerprint density at radius 3 is 3.06 bits per heavy atom. The van der Waals surface area contributed by atoms with Crippen molar-refractivity contribution >= 4 is 22.0 Å². The molecule has 5 heteroatoms. The summed E-state index contributed by atoms with van der Waals surface area (Å²) in [4.78, 5) is 13.4. The van der Waals surface area contributed by atoms with Gasteiger partial charge in [0.2, 0.25) is 0 Å². The zero-order chi connectivity index (χ0) is 13.0. The van der Waals surface area contributed by atoms with Crippen LogP contribution in [0.25, 0.3) is 0 Å². The summed E-state index contributed by atoms with van der Waals surface area (Å²) >= 11 is 3.42. The van der Waals surface area contributed by atoms with Gasteiger partial charge in [0.15, 0.2) is 0 Å². The number of ether oxygens (including phenoxy) is 1. The Balaban J connectivity index is 1.92. The SMILES string of the molecule is NCCCC1CN(Cc2cccc(Br)c2)C(=O)O1. The molecule has 2 rings (SSSR count). The number of benzene rings is 1. The highest BCUT2D eigenvalue weighted by atomic mass is 79.9. The zero-order valence-corrected chi connectivity index (χ0v) is 11.7. The molecule has 1 heterocycles. The minimum atomic E-state index is -0.225. The highest BCUT2D eigenvalue weighted by Crippen LogP contribution is 2.19. The molecular formula is C13H17BrN2O2. The molecule has 1 aromatic carbocycles. The van der Waals surface area contributed by atoms with Crippen LogP contribution in [0.15, 0.2) is 28.7 Å². The van der Waals surface area contributed by atoms with Crippen molar-refractivity contribution in [1.29, 1.82) is 0 Å². The van der Waals surface area contributed by atoms with Crippen molar-refractivity contribution in [3.8, 4) is 0 Å². The lowest BCUT2D eigenvalue weighted by molar-refractivity contribution is 0.127. The number of cyclic esters (lactones) is 1. The number of hydrogen-bond donors (Lipinski definition) is 1. The van der Waals surface area contributed by atoms with E-state index in [2.05, 4.69) is 15.9 Å². The normalized spacial score (nSPS) is 19.1. The Morgan fingerprint density at radius 1 is 1.50 bits per heavy atom. The first-order chi connectivity index (χ1) is 8.69. The third kappa shape index (κ3) is 3.46. The molecule has 0 bridgehead atoms. The van der Waals surface area contributed by atoms with Gasteiger partial charge >= 0.3 is 6.09 Å². The molecule has 0 spiro atoms. The zero-order valence-electron chi connectivity index (χ0n) is 10.1. The van der Waals surface area contributed by atoms with Crippen molar-refractivity contribution in [3.63, 3.8) is 0 Å². The van der Waals surface area contributed by atoms with E-state index in [1.807, 2.05) is 24.3 Å². The van der Waals surface area contributed by atoms with Gasteiger partial charge in [0.1, 0.15) is 6.10 Å². The molecule has 1 fully saturated rings. The largest absolute Gasteiger partial charge is 0.444 e. The number of hydrogen-bond acceptors (Lipinski definition) is 3. The Labute approximate surface area is 115 Å². The average Bonchev–Trinajstić information content (AvgIpc) is 2.68. The Kier molecular flexibility index (Phi) is 4.60. The first-order valence-corrected chi connectivity index (χ1v) is 6.88. The maximum atomic E-state index is 11.7. The van der Waals surface area contributed by atoms with Gasteiger partial charge < -0.3 is 15.4 Å². The molecule has 1 aliphatic rings. The monoisotopic (exact) mass is 312 g/mol. The van der Waals surface area contributed by atoms with E-state index in [0.717, 1.165) is 22.9 Å². The van der Waals surface area contributed by atoms with Crippen LogP contribution < -0.4 is 5.73 Å². The summed E-state index contributed by atoms with van der Waals surface area (Å²) in [6, 6.07) is 7.95. The van der Waals surface area contributed by atoms with Crippen LogP contribution in [-0.4, -0.2) is 30.2 Å². The molecule has 1 atom stereocenters. The minimum absolute atomic E-state index is 0.00629. The van der Waals surface area contributed by atoms with Crippen molar-refractivity contribution in [1.82, 2.24) is 4.90 Å². The molecule has 0 radical (unpaired) electrons. The van der Waals surface area contributed by atoms with Gasteiger partial charge in [-0.1, -0.05) is 28.1 Å². The van der Waals surface area contributed by atoms with E-state index in [0.29, 0.717) is 19.6 Å². The standard InChI is InChI=1S/C13H17BrN2O2/c14-11-4-1-3-10(7-11)8-16-9-12(5-2-6-15)18-13(16)17/h1,3-4,7,12H,2,5-6,8-9,15H2. The molecule has 1 amide bonds. The van der Waals surface area contributed by atoms with E-state index in [9.17, 15) is 4.79 Å². The first-order valence-electron chi connectivity index (χ1n) is 6.09. The molecule has 4 nitrogen and oxygen atoms in total. The molecule has 1 aliphatic heterocycles. The molecule has 18 heavy (non-hydrogen) atoms. The number of halogens is 1. The second kappa shape index (κ2) is 6.20. The molecule has 1 unspecified atom stereocenters. The Morgan fingerprint density at radius 2 is 2.33 bits per heavy atom. The number of rotatable bonds is 5. The summed E-state index contributed by atoms with van der Waals surface area (Å²) in [5.74, 6) is 0. The van der Waals surface area contributed by atoms with Crippen LogP contribution in [0.2, 0.25) is 0 Å². The van der Waals surface area contributed by atoms with Crippen LogP contribution in [-0.2, 0) is 11.3 Å². The lowest BCUT2D eigenvalue weighted by Crippen LogP contribution is -2.24. The van der Waals surface area contributed by atoms with Crippen LogP contribution in [0.3, 0.4) is 0 Å². The maximum absolute atomic E-state index is 11.7. The maximum Gasteiger partial charge on any atom is 0.410 e. The molecule has 0 aliphatic carbocycles. The first kappa shape index (κ1) is 13.4. The third-order valence-electron chi connectivity index (χ3n) is 2.94. The lowest BCUT2D eigenvalue weighted by atomic mass is 10.2. The van der Waals surface area contributed by atoms with Gasteiger partial charge in [-0.3, -0.25) is 0 Å².